The van der Waals surface area contributed by atoms with E-state index in [2.05, 4.69) is 40.8 Å². The van der Waals surface area contributed by atoms with E-state index >= 15 is 0 Å². The van der Waals surface area contributed by atoms with Crippen molar-refractivity contribution in [3.8, 4) is 0 Å². The van der Waals surface area contributed by atoms with Crippen LogP contribution in [0.3, 0.4) is 0 Å². The molecular formula is C40H60O4Si. The molecule has 0 saturated heterocycles. The van der Waals surface area contributed by atoms with E-state index in [0.717, 1.165) is 74.0 Å². The Labute approximate surface area is 274 Å². The molecule has 5 heteroatoms. The predicted molar refractivity (Wildman–Crippen MR) is 181 cm³/mol. The summed E-state index contributed by atoms with van der Waals surface area (Å²) in [7, 11) is -2.36. The van der Waals surface area contributed by atoms with Crippen molar-refractivity contribution in [2.24, 2.45) is 57.2 Å². The molecule has 6 saturated carbocycles. The molecule has 0 N–H and O–H groups in total. The fraction of sp³-hybridized carbons (Fsp3) is 0.850. The Morgan fingerprint density at radius 2 is 0.978 bits per heavy atom. The number of rotatable bonds is 4. The molecule has 0 amide bonds. The largest absolute Gasteiger partial charge is 0.391 e. The Kier molecular flexibility index (Phi) is 7.27. The summed E-state index contributed by atoms with van der Waals surface area (Å²) >= 11 is 0. The van der Waals surface area contributed by atoms with Gasteiger partial charge in [0.05, 0.1) is 12.2 Å². The third kappa shape index (κ3) is 4.61. The maximum absolute atomic E-state index is 12.3. The molecule has 45 heavy (non-hydrogen) atoms. The van der Waals surface area contributed by atoms with Gasteiger partial charge in [-0.1, -0.05) is 38.8 Å². The van der Waals surface area contributed by atoms with Crippen LogP contribution in [-0.4, -0.2) is 32.3 Å². The summed E-state index contributed by atoms with van der Waals surface area (Å²) in [5.74, 6) is 5.23. The minimum Gasteiger partial charge on any atom is -0.391 e. The van der Waals surface area contributed by atoms with Gasteiger partial charge in [-0.25, -0.2) is 0 Å². The molecule has 0 aromatic rings. The Bertz CT molecular complexity index is 1230. The van der Waals surface area contributed by atoms with Gasteiger partial charge in [0.2, 0.25) is 0 Å². The molecule has 8 rings (SSSR count). The molecule has 0 radical (unpaired) electrons. The summed E-state index contributed by atoms with van der Waals surface area (Å²) in [5, 5.41) is 0. The van der Waals surface area contributed by atoms with Crippen molar-refractivity contribution in [3.05, 3.63) is 23.3 Å². The summed E-state index contributed by atoms with van der Waals surface area (Å²) in [6, 6.07) is 0. The lowest BCUT2D eigenvalue weighted by atomic mass is 9.47. The van der Waals surface area contributed by atoms with Crippen LogP contribution >= 0.6 is 0 Å². The van der Waals surface area contributed by atoms with Gasteiger partial charge in [0.15, 0.2) is 11.6 Å². The first-order valence-corrected chi connectivity index (χ1v) is 21.9. The van der Waals surface area contributed by atoms with E-state index in [0.29, 0.717) is 23.8 Å². The lowest BCUT2D eigenvalue weighted by Gasteiger charge is -2.58. The van der Waals surface area contributed by atoms with Crippen LogP contribution in [0.1, 0.15) is 130 Å². The van der Waals surface area contributed by atoms with Gasteiger partial charge in [0, 0.05) is 12.8 Å². The van der Waals surface area contributed by atoms with Gasteiger partial charge in [-0.05, 0) is 172 Å². The van der Waals surface area contributed by atoms with E-state index in [9.17, 15) is 9.59 Å². The van der Waals surface area contributed by atoms with Crippen molar-refractivity contribution in [2.45, 2.75) is 156 Å². The SMILES string of the molecule is C[C@]12CC[C@@H]3[C@H](CCC4=CC(=O)CC[C@@]43C)[C@H]1CC[C@H]2O[Si](C)(C)O[C@@H]1CC[C@@H]2[C@@H]3CCC4=CC(=O)CC[C@]4(C)[C@H]3CC[C@@]21C. The number of carbonyl (C=O) groups is 2. The first kappa shape index (κ1) is 31.2. The van der Waals surface area contributed by atoms with Gasteiger partial charge in [0.1, 0.15) is 0 Å². The van der Waals surface area contributed by atoms with Crippen molar-refractivity contribution in [2.75, 3.05) is 0 Å². The zero-order valence-corrected chi connectivity index (χ0v) is 30.2. The molecule has 0 spiro atoms. The van der Waals surface area contributed by atoms with Gasteiger partial charge < -0.3 is 8.85 Å². The van der Waals surface area contributed by atoms with Crippen molar-refractivity contribution in [1.82, 2.24) is 0 Å². The Balaban J connectivity index is 0.951. The van der Waals surface area contributed by atoms with Gasteiger partial charge in [0.25, 0.3) is 0 Å². The van der Waals surface area contributed by atoms with Crippen molar-refractivity contribution >= 4 is 20.1 Å². The second-order valence-electron chi connectivity index (χ2n) is 18.8. The molecule has 248 valence electrons. The summed E-state index contributed by atoms with van der Waals surface area (Å²) in [4.78, 5) is 24.5. The van der Waals surface area contributed by atoms with Crippen molar-refractivity contribution in [1.29, 1.82) is 0 Å². The van der Waals surface area contributed by atoms with Gasteiger partial charge >= 0.3 is 8.56 Å². The van der Waals surface area contributed by atoms with Crippen LogP contribution in [0.2, 0.25) is 13.1 Å². The highest BCUT2D eigenvalue weighted by atomic mass is 28.4. The van der Waals surface area contributed by atoms with Gasteiger partial charge in [-0.2, -0.15) is 0 Å². The molecule has 0 unspecified atom stereocenters. The standard InChI is InChI=1S/C40H60O4Si/c1-37-19-15-27(41)23-25(37)7-9-29-31-11-13-35(39(31,3)21-17-33(29)37)43-45(5,6)44-36-14-12-32-30-10-8-26-24-28(42)16-20-38(26,2)34(30)18-22-40(32,36)4/h23-24,29-36H,7-22H2,1-6H3/t29-,30+,31-,32-,33-,34+,35-,36-,37+,38+,39+,40+/m1/s1. The molecule has 6 fully saturated rings. The molecule has 8 aliphatic carbocycles. The van der Waals surface area contributed by atoms with Gasteiger partial charge in [-0.3, -0.25) is 9.59 Å². The molecule has 8 aliphatic rings. The monoisotopic (exact) mass is 632 g/mol. The topological polar surface area (TPSA) is 52.6 Å². The third-order valence-electron chi connectivity index (χ3n) is 16.6. The van der Waals surface area contributed by atoms with Crippen LogP contribution in [-0.2, 0) is 18.4 Å². The first-order chi connectivity index (χ1) is 21.3. The van der Waals surface area contributed by atoms with Crippen LogP contribution in [0.15, 0.2) is 23.3 Å². The number of allylic oxidation sites excluding steroid dienone is 2. The Morgan fingerprint density at radius 3 is 1.40 bits per heavy atom. The molecule has 12 atom stereocenters. The highest BCUT2D eigenvalue weighted by Gasteiger charge is 2.62. The molecule has 4 nitrogen and oxygen atoms in total. The third-order valence-corrected chi connectivity index (χ3v) is 18.3. The fourth-order valence-electron chi connectivity index (χ4n) is 14.1. The van der Waals surface area contributed by atoms with Crippen LogP contribution in [0, 0.1) is 57.2 Å². The minimum atomic E-state index is -2.36. The first-order valence-electron chi connectivity index (χ1n) is 19.1. The van der Waals surface area contributed by atoms with E-state index in [1.807, 2.05) is 12.2 Å². The van der Waals surface area contributed by atoms with Crippen LogP contribution in [0.4, 0.5) is 0 Å². The Morgan fingerprint density at radius 1 is 0.556 bits per heavy atom. The number of ketones is 2. The number of hydrogen-bond acceptors (Lipinski definition) is 4. The van der Waals surface area contributed by atoms with Gasteiger partial charge in [-0.15, -0.1) is 0 Å². The lowest BCUT2D eigenvalue weighted by Crippen LogP contribution is -2.55. The van der Waals surface area contributed by atoms with Crippen LogP contribution in [0.25, 0.3) is 0 Å². The average molecular weight is 633 g/mol. The van der Waals surface area contributed by atoms with E-state index in [1.54, 1.807) is 0 Å². The normalized spacial score (nSPS) is 50.8. The predicted octanol–water partition coefficient (Wildman–Crippen LogP) is 9.52. The maximum Gasteiger partial charge on any atom is 0.332 e. The highest BCUT2D eigenvalue weighted by Crippen LogP contribution is 2.68. The van der Waals surface area contributed by atoms with E-state index in [-0.39, 0.29) is 21.7 Å². The fourth-order valence-corrected chi connectivity index (χ4v) is 16.3. The second kappa shape index (κ2) is 10.5. The Hall–Kier alpha value is -1.04. The molecule has 0 aromatic carbocycles. The van der Waals surface area contributed by atoms with E-state index in [4.69, 9.17) is 8.85 Å². The van der Waals surface area contributed by atoms with Crippen LogP contribution < -0.4 is 0 Å². The smallest absolute Gasteiger partial charge is 0.332 e. The number of hydrogen-bond donors (Lipinski definition) is 0. The van der Waals surface area contributed by atoms with Crippen molar-refractivity contribution < 1.29 is 18.4 Å². The number of fused-ring (bicyclic) bond motifs is 10. The summed E-state index contributed by atoms with van der Waals surface area (Å²) in [5.41, 5.74) is 3.93. The molecule has 0 bridgehead atoms. The maximum atomic E-state index is 12.3. The second-order valence-corrected chi connectivity index (χ2v) is 22.1. The van der Waals surface area contributed by atoms with E-state index < -0.39 is 8.56 Å². The lowest BCUT2D eigenvalue weighted by molar-refractivity contribution is -0.118. The van der Waals surface area contributed by atoms with Crippen molar-refractivity contribution in [3.63, 3.8) is 0 Å². The minimum absolute atomic E-state index is 0.240. The quantitative estimate of drug-likeness (QED) is 0.290. The molecule has 0 aliphatic heterocycles. The number of carbonyl (C=O) groups excluding carboxylic acids is 2. The summed E-state index contributed by atoms with van der Waals surface area (Å²) in [6.45, 7) is 14.9. The summed E-state index contributed by atoms with van der Waals surface area (Å²) < 4.78 is 14.6. The van der Waals surface area contributed by atoms with E-state index in [1.165, 1.54) is 75.4 Å². The molecular weight excluding hydrogens is 573 g/mol. The van der Waals surface area contributed by atoms with Crippen LogP contribution in [0.5, 0.6) is 0 Å². The average Bonchev–Trinajstić information content (AvgIpc) is 3.49. The zero-order valence-electron chi connectivity index (χ0n) is 29.2. The summed E-state index contributed by atoms with van der Waals surface area (Å²) in [6.07, 6.45) is 23.2. The zero-order chi connectivity index (χ0) is 31.6. The highest BCUT2D eigenvalue weighted by molar-refractivity contribution is 6.64. The molecule has 0 aromatic heterocycles. The molecule has 0 heterocycles.